The van der Waals surface area contributed by atoms with Gasteiger partial charge in [-0.25, -0.2) is 4.68 Å². The number of amides is 1. The van der Waals surface area contributed by atoms with Crippen molar-refractivity contribution in [1.82, 2.24) is 14.3 Å². The molecule has 1 aliphatic carbocycles. The van der Waals surface area contributed by atoms with E-state index in [1.54, 1.807) is 6.20 Å². The van der Waals surface area contributed by atoms with Crippen LogP contribution in [0.3, 0.4) is 0 Å². The van der Waals surface area contributed by atoms with Gasteiger partial charge in [0, 0.05) is 25.3 Å². The average molecular weight is 271 g/mol. The summed E-state index contributed by atoms with van der Waals surface area (Å²) >= 11 is 0. The van der Waals surface area contributed by atoms with Gasteiger partial charge in [-0.05, 0) is 31.4 Å². The van der Waals surface area contributed by atoms with E-state index in [-0.39, 0.29) is 5.91 Å². The van der Waals surface area contributed by atoms with Gasteiger partial charge in [-0.3, -0.25) is 4.79 Å². The fourth-order valence-electron chi connectivity index (χ4n) is 2.71. The van der Waals surface area contributed by atoms with Gasteiger partial charge < -0.3 is 15.2 Å². The van der Waals surface area contributed by atoms with Crippen molar-refractivity contribution >= 4 is 17.4 Å². The summed E-state index contributed by atoms with van der Waals surface area (Å²) in [6, 6.07) is 4.31. The number of carbonyl (C=O) groups excluding carboxylic acids is 1. The molecule has 20 heavy (non-hydrogen) atoms. The lowest BCUT2D eigenvalue weighted by atomic mass is 10.3. The summed E-state index contributed by atoms with van der Waals surface area (Å²) in [6.07, 6.45) is 7.10. The van der Waals surface area contributed by atoms with Crippen molar-refractivity contribution in [1.29, 1.82) is 0 Å². The number of aryl methyl sites for hydroxylation is 1. The Balaban J connectivity index is 1.57. The van der Waals surface area contributed by atoms with Crippen molar-refractivity contribution in [3.8, 4) is 0 Å². The second-order valence-corrected chi connectivity index (χ2v) is 5.40. The number of hydrogen-bond donors (Lipinski definition) is 2. The molecule has 0 atom stereocenters. The van der Waals surface area contributed by atoms with Crippen molar-refractivity contribution in [2.24, 2.45) is 0 Å². The lowest BCUT2D eigenvalue weighted by Gasteiger charge is -2.17. The van der Waals surface area contributed by atoms with E-state index in [9.17, 15) is 4.79 Å². The Hall–Kier alpha value is -2.24. The van der Waals surface area contributed by atoms with Crippen LogP contribution in [0.25, 0.3) is 0 Å². The third-order valence-electron chi connectivity index (χ3n) is 3.88. The molecule has 2 aliphatic rings. The van der Waals surface area contributed by atoms with Crippen LogP contribution in [0.4, 0.5) is 11.5 Å². The lowest BCUT2D eigenvalue weighted by Crippen LogP contribution is -2.20. The van der Waals surface area contributed by atoms with Crippen LogP contribution in [-0.2, 0) is 6.54 Å². The van der Waals surface area contributed by atoms with E-state index in [1.165, 1.54) is 12.8 Å². The quantitative estimate of drug-likeness (QED) is 0.898. The molecule has 0 unspecified atom stereocenters. The molecular weight excluding hydrogens is 254 g/mol. The monoisotopic (exact) mass is 271 g/mol. The molecule has 1 amide bonds. The van der Waals surface area contributed by atoms with Gasteiger partial charge >= 0.3 is 0 Å². The Bertz CT molecular complexity index is 652. The van der Waals surface area contributed by atoms with Crippen LogP contribution >= 0.6 is 0 Å². The van der Waals surface area contributed by atoms with Crippen molar-refractivity contribution in [2.45, 2.75) is 31.8 Å². The van der Waals surface area contributed by atoms with Gasteiger partial charge in [0.05, 0.1) is 6.20 Å². The molecule has 0 spiro atoms. The molecule has 6 nitrogen and oxygen atoms in total. The Morgan fingerprint density at radius 2 is 2.35 bits per heavy atom. The Kier molecular flexibility index (Phi) is 2.55. The highest BCUT2D eigenvalue weighted by Crippen LogP contribution is 2.36. The number of aromatic nitrogens is 3. The predicted molar refractivity (Wildman–Crippen MR) is 76.0 cm³/mol. The average Bonchev–Trinajstić information content (AvgIpc) is 3.06. The number of anilines is 2. The van der Waals surface area contributed by atoms with Gasteiger partial charge in [0.2, 0.25) is 0 Å². The summed E-state index contributed by atoms with van der Waals surface area (Å²) in [7, 11) is 0. The summed E-state index contributed by atoms with van der Waals surface area (Å²) in [5.74, 6) is 0.846. The molecule has 0 radical (unpaired) electrons. The van der Waals surface area contributed by atoms with Crippen molar-refractivity contribution in [2.75, 3.05) is 17.2 Å². The second-order valence-electron chi connectivity index (χ2n) is 5.40. The summed E-state index contributed by atoms with van der Waals surface area (Å²) in [4.78, 5) is 12.4. The zero-order chi connectivity index (χ0) is 13.5. The van der Waals surface area contributed by atoms with Crippen LogP contribution in [0.2, 0.25) is 0 Å². The minimum Gasteiger partial charge on any atom is -0.368 e. The van der Waals surface area contributed by atoms with Crippen LogP contribution in [-0.4, -0.2) is 26.8 Å². The van der Waals surface area contributed by atoms with Crippen molar-refractivity contribution in [3.05, 3.63) is 30.2 Å². The molecule has 1 saturated carbocycles. The highest BCUT2D eigenvalue weighted by molar-refractivity contribution is 6.04. The topological polar surface area (TPSA) is 63.9 Å². The maximum absolute atomic E-state index is 12.4. The van der Waals surface area contributed by atoms with E-state index >= 15 is 0 Å². The van der Waals surface area contributed by atoms with Gasteiger partial charge in [-0.2, -0.15) is 5.10 Å². The van der Waals surface area contributed by atoms with E-state index in [0.29, 0.717) is 6.04 Å². The normalized spacial score (nSPS) is 17.4. The molecule has 3 heterocycles. The fraction of sp³-hybridized carbons (Fsp3) is 0.429. The first kappa shape index (κ1) is 11.6. The second kappa shape index (κ2) is 4.40. The number of hydrogen-bond acceptors (Lipinski definition) is 3. The molecule has 2 aromatic rings. The third kappa shape index (κ3) is 1.88. The van der Waals surface area contributed by atoms with E-state index in [4.69, 9.17) is 0 Å². The highest BCUT2D eigenvalue weighted by atomic mass is 16.2. The van der Waals surface area contributed by atoms with Gasteiger partial charge in [0.1, 0.15) is 17.2 Å². The predicted octanol–water partition coefficient (Wildman–Crippen LogP) is 2.09. The largest absolute Gasteiger partial charge is 0.368 e. The zero-order valence-corrected chi connectivity index (χ0v) is 11.2. The van der Waals surface area contributed by atoms with Crippen LogP contribution in [0.15, 0.2) is 24.5 Å². The Morgan fingerprint density at radius 3 is 3.20 bits per heavy atom. The van der Waals surface area contributed by atoms with E-state index in [1.807, 2.05) is 23.0 Å². The minimum atomic E-state index is -0.0647. The van der Waals surface area contributed by atoms with Crippen LogP contribution in [0.5, 0.6) is 0 Å². The molecular formula is C14H17N5O. The number of carbonyl (C=O) groups is 1. The SMILES string of the molecule is O=C(Nc1cnn2c1NCCC2)c1cccn1C1CC1. The molecule has 1 fully saturated rings. The van der Waals surface area contributed by atoms with Crippen LogP contribution in [0, 0.1) is 0 Å². The third-order valence-corrected chi connectivity index (χ3v) is 3.88. The van der Waals surface area contributed by atoms with E-state index < -0.39 is 0 Å². The van der Waals surface area contributed by atoms with E-state index in [2.05, 4.69) is 20.3 Å². The molecule has 104 valence electrons. The summed E-state index contributed by atoms with van der Waals surface area (Å²) < 4.78 is 3.97. The first-order chi connectivity index (χ1) is 9.83. The van der Waals surface area contributed by atoms with Crippen LogP contribution < -0.4 is 10.6 Å². The summed E-state index contributed by atoms with van der Waals surface area (Å²) in [5.41, 5.74) is 1.49. The number of rotatable bonds is 3. The first-order valence-electron chi connectivity index (χ1n) is 7.11. The molecule has 6 heteroatoms. The maximum atomic E-state index is 12.4. The van der Waals surface area contributed by atoms with Gasteiger partial charge in [0.25, 0.3) is 5.91 Å². The van der Waals surface area contributed by atoms with Gasteiger partial charge in [0.15, 0.2) is 0 Å². The molecule has 2 N–H and O–H groups in total. The lowest BCUT2D eigenvalue weighted by molar-refractivity contribution is 0.101. The number of nitrogens with one attached hydrogen (secondary N) is 2. The Labute approximate surface area is 116 Å². The number of fused-ring (bicyclic) bond motifs is 1. The minimum absolute atomic E-state index is 0.0647. The highest BCUT2D eigenvalue weighted by Gasteiger charge is 2.27. The molecule has 0 bridgehead atoms. The molecule has 0 aromatic carbocycles. The van der Waals surface area contributed by atoms with Crippen molar-refractivity contribution in [3.63, 3.8) is 0 Å². The Morgan fingerprint density at radius 1 is 1.45 bits per heavy atom. The summed E-state index contributed by atoms with van der Waals surface area (Å²) in [6.45, 7) is 1.82. The van der Waals surface area contributed by atoms with E-state index in [0.717, 1.165) is 36.7 Å². The molecule has 0 saturated heterocycles. The molecule has 4 rings (SSSR count). The fourth-order valence-corrected chi connectivity index (χ4v) is 2.71. The van der Waals surface area contributed by atoms with Crippen LogP contribution in [0.1, 0.15) is 35.8 Å². The molecule has 1 aliphatic heterocycles. The summed E-state index contributed by atoms with van der Waals surface area (Å²) in [5, 5.41) is 10.6. The standard InChI is InChI=1S/C14H17N5O/c20-14(12-3-1-7-18(12)10-4-5-10)17-11-9-16-19-8-2-6-15-13(11)19/h1,3,7,9-10,15H,2,4-6,8H2,(H,17,20). The molecule has 2 aromatic heterocycles. The number of nitrogens with zero attached hydrogens (tertiary/aromatic N) is 3. The zero-order valence-electron chi connectivity index (χ0n) is 11.2. The smallest absolute Gasteiger partial charge is 0.272 e. The maximum Gasteiger partial charge on any atom is 0.272 e. The van der Waals surface area contributed by atoms with Gasteiger partial charge in [-0.1, -0.05) is 0 Å². The van der Waals surface area contributed by atoms with Crippen molar-refractivity contribution < 1.29 is 4.79 Å². The van der Waals surface area contributed by atoms with Gasteiger partial charge in [-0.15, -0.1) is 0 Å². The first-order valence-corrected chi connectivity index (χ1v) is 7.11.